The van der Waals surface area contributed by atoms with Gasteiger partial charge < -0.3 is 20.7 Å². The van der Waals surface area contributed by atoms with Crippen LogP contribution in [0.3, 0.4) is 0 Å². The van der Waals surface area contributed by atoms with Gasteiger partial charge in [0.15, 0.2) is 5.82 Å². The molecule has 11 heteroatoms. The summed E-state index contributed by atoms with van der Waals surface area (Å²) in [6, 6.07) is 24.9. The van der Waals surface area contributed by atoms with Gasteiger partial charge in [0, 0.05) is 34.3 Å². The lowest BCUT2D eigenvalue weighted by Crippen LogP contribution is -2.19. The summed E-state index contributed by atoms with van der Waals surface area (Å²) in [6.07, 6.45) is -4.03. The second kappa shape index (κ2) is 11.7. The molecule has 4 aromatic carbocycles. The molecule has 0 aliphatic heterocycles. The first kappa shape index (κ1) is 27.7. The summed E-state index contributed by atoms with van der Waals surface area (Å²) < 4.78 is 44.5. The summed E-state index contributed by atoms with van der Waals surface area (Å²) in [4.78, 5) is 12.4. The van der Waals surface area contributed by atoms with Crippen molar-refractivity contribution in [2.45, 2.75) is 12.6 Å². The second-order valence-electron chi connectivity index (χ2n) is 9.04. The molecule has 2 amide bonds. The number of carbonyl (C=O) groups is 1. The maximum atomic E-state index is 13.1. The fourth-order valence-corrected chi connectivity index (χ4v) is 4.43. The number of nitrogens with one attached hydrogen (secondary N) is 3. The quantitative estimate of drug-likeness (QED) is 0.181. The Hall–Kier alpha value is -4.83. The van der Waals surface area contributed by atoms with Gasteiger partial charge >= 0.3 is 12.2 Å². The summed E-state index contributed by atoms with van der Waals surface area (Å²) in [5.74, 6) is 1.35. The standard InChI is InChI=1S/C30H23ClF3N5O2/c1-41-22-13-6-18(7-14-22)16-27-23-4-2-3-5-24(23)28(39-38-27)35-19-8-10-20(11-9-19)36-29(40)37-21-12-15-26(31)25(17-21)30(32,33)34/h2-15,17H,16H2,1H3,(H,35,39)(H2,36,37,40). The van der Waals surface area contributed by atoms with Crippen LogP contribution in [0.25, 0.3) is 10.8 Å². The van der Waals surface area contributed by atoms with Crippen LogP contribution in [0, 0.1) is 0 Å². The third-order valence-electron chi connectivity index (χ3n) is 6.23. The number of anilines is 4. The number of methoxy groups -OCH3 is 1. The van der Waals surface area contributed by atoms with Gasteiger partial charge in [0.25, 0.3) is 0 Å². The number of hydrogen-bond donors (Lipinski definition) is 3. The van der Waals surface area contributed by atoms with Crippen molar-refractivity contribution in [1.29, 1.82) is 0 Å². The zero-order chi connectivity index (χ0) is 29.0. The van der Waals surface area contributed by atoms with E-state index in [1.807, 2.05) is 48.5 Å². The number of hydrogen-bond acceptors (Lipinski definition) is 5. The predicted octanol–water partition coefficient (Wildman–Crippen LogP) is 8.29. The van der Waals surface area contributed by atoms with Crippen LogP contribution in [0.5, 0.6) is 5.75 Å². The number of urea groups is 1. The van der Waals surface area contributed by atoms with Gasteiger partial charge in [0.1, 0.15) is 5.75 Å². The Labute approximate surface area is 238 Å². The number of fused-ring (bicyclic) bond motifs is 1. The van der Waals surface area contributed by atoms with Gasteiger partial charge in [-0.3, -0.25) is 0 Å². The Kier molecular flexibility index (Phi) is 7.93. The van der Waals surface area contributed by atoms with Crippen LogP contribution >= 0.6 is 11.6 Å². The average molecular weight is 578 g/mol. The van der Waals surface area contributed by atoms with Crippen molar-refractivity contribution in [3.63, 3.8) is 0 Å². The molecule has 0 fully saturated rings. The van der Waals surface area contributed by atoms with Gasteiger partial charge in [-0.15, -0.1) is 5.10 Å². The molecule has 0 radical (unpaired) electrons. The van der Waals surface area contributed by atoms with Gasteiger partial charge in [-0.1, -0.05) is 48.0 Å². The molecule has 1 aromatic heterocycles. The van der Waals surface area contributed by atoms with Crippen molar-refractivity contribution in [2.75, 3.05) is 23.1 Å². The normalized spacial score (nSPS) is 11.2. The highest BCUT2D eigenvalue weighted by atomic mass is 35.5. The Balaban J connectivity index is 1.27. The highest BCUT2D eigenvalue weighted by Gasteiger charge is 2.33. The van der Waals surface area contributed by atoms with E-state index in [0.717, 1.165) is 39.9 Å². The number of aromatic nitrogens is 2. The zero-order valence-corrected chi connectivity index (χ0v) is 22.3. The summed E-state index contributed by atoms with van der Waals surface area (Å²) >= 11 is 5.64. The number of rotatable bonds is 7. The van der Waals surface area contributed by atoms with Crippen LogP contribution in [-0.4, -0.2) is 23.3 Å². The van der Waals surface area contributed by atoms with Crippen LogP contribution in [0.4, 0.5) is 40.8 Å². The van der Waals surface area contributed by atoms with Crippen molar-refractivity contribution in [2.24, 2.45) is 0 Å². The lowest BCUT2D eigenvalue weighted by Gasteiger charge is -2.13. The summed E-state index contributed by atoms with van der Waals surface area (Å²) in [5.41, 5.74) is 1.98. The third-order valence-corrected chi connectivity index (χ3v) is 6.56. The first-order valence-electron chi connectivity index (χ1n) is 12.4. The minimum atomic E-state index is -4.64. The van der Waals surface area contributed by atoms with E-state index in [0.29, 0.717) is 23.6 Å². The van der Waals surface area contributed by atoms with Crippen molar-refractivity contribution in [1.82, 2.24) is 10.2 Å². The van der Waals surface area contributed by atoms with Gasteiger partial charge in [0.05, 0.1) is 23.4 Å². The topological polar surface area (TPSA) is 88.2 Å². The summed E-state index contributed by atoms with van der Waals surface area (Å²) in [5, 5.41) is 18.6. The van der Waals surface area contributed by atoms with Crippen LogP contribution in [0.2, 0.25) is 5.02 Å². The average Bonchev–Trinajstić information content (AvgIpc) is 2.96. The van der Waals surface area contributed by atoms with Gasteiger partial charge in [0.2, 0.25) is 0 Å². The number of alkyl halides is 3. The third kappa shape index (κ3) is 6.67. The van der Waals surface area contributed by atoms with Crippen LogP contribution in [-0.2, 0) is 12.6 Å². The van der Waals surface area contributed by atoms with E-state index in [2.05, 4.69) is 26.1 Å². The summed E-state index contributed by atoms with van der Waals surface area (Å²) in [7, 11) is 1.63. The van der Waals surface area contributed by atoms with Gasteiger partial charge in [-0.05, 0) is 60.2 Å². The molecule has 0 aliphatic carbocycles. The first-order chi connectivity index (χ1) is 19.7. The Morgan fingerprint density at radius 1 is 0.829 bits per heavy atom. The van der Waals surface area contributed by atoms with E-state index in [9.17, 15) is 18.0 Å². The van der Waals surface area contributed by atoms with Gasteiger partial charge in [-0.2, -0.15) is 18.3 Å². The smallest absolute Gasteiger partial charge is 0.417 e. The van der Waals surface area contributed by atoms with Crippen molar-refractivity contribution >= 4 is 51.3 Å². The van der Waals surface area contributed by atoms with E-state index < -0.39 is 22.8 Å². The van der Waals surface area contributed by atoms with E-state index in [4.69, 9.17) is 16.3 Å². The largest absolute Gasteiger partial charge is 0.497 e. The first-order valence-corrected chi connectivity index (χ1v) is 12.8. The highest BCUT2D eigenvalue weighted by Crippen LogP contribution is 2.36. The van der Waals surface area contributed by atoms with E-state index in [1.54, 1.807) is 31.4 Å². The molecule has 7 nitrogen and oxygen atoms in total. The molecule has 0 atom stereocenters. The lowest BCUT2D eigenvalue weighted by molar-refractivity contribution is -0.137. The van der Waals surface area contributed by atoms with Crippen LogP contribution in [0.15, 0.2) is 91.0 Å². The molecule has 0 saturated heterocycles. The molecule has 0 saturated carbocycles. The fraction of sp³-hybridized carbons (Fsp3) is 0.100. The molecule has 1 heterocycles. The Morgan fingerprint density at radius 3 is 2.15 bits per heavy atom. The molecule has 0 unspecified atom stereocenters. The predicted molar refractivity (Wildman–Crippen MR) is 154 cm³/mol. The lowest BCUT2D eigenvalue weighted by atomic mass is 10.0. The fourth-order valence-electron chi connectivity index (χ4n) is 4.21. The minimum absolute atomic E-state index is 0.0431. The molecule has 0 bridgehead atoms. The Bertz CT molecular complexity index is 1690. The maximum Gasteiger partial charge on any atom is 0.417 e. The number of halogens is 4. The molecular formula is C30H23ClF3N5O2. The SMILES string of the molecule is COc1ccc(Cc2nnc(Nc3ccc(NC(=O)Nc4ccc(Cl)c(C(F)(F)F)c4)cc3)c3ccccc23)cc1. The molecule has 208 valence electrons. The molecule has 0 spiro atoms. The van der Waals surface area contributed by atoms with Crippen molar-refractivity contribution in [3.8, 4) is 5.75 Å². The van der Waals surface area contributed by atoms with E-state index in [1.165, 1.54) is 6.07 Å². The molecule has 0 aliphatic rings. The molecular weight excluding hydrogens is 555 g/mol. The van der Waals surface area contributed by atoms with Crippen LogP contribution in [0.1, 0.15) is 16.8 Å². The van der Waals surface area contributed by atoms with E-state index in [-0.39, 0.29) is 5.69 Å². The number of ether oxygens (including phenoxy) is 1. The monoisotopic (exact) mass is 577 g/mol. The van der Waals surface area contributed by atoms with Crippen LogP contribution < -0.4 is 20.7 Å². The van der Waals surface area contributed by atoms with Crippen molar-refractivity contribution in [3.05, 3.63) is 113 Å². The Morgan fingerprint density at radius 2 is 1.46 bits per heavy atom. The number of carbonyl (C=O) groups excluding carboxylic acids is 1. The second-order valence-corrected chi connectivity index (χ2v) is 9.45. The molecule has 5 aromatic rings. The highest BCUT2D eigenvalue weighted by molar-refractivity contribution is 6.31. The number of amides is 2. The minimum Gasteiger partial charge on any atom is -0.497 e. The van der Waals surface area contributed by atoms with Gasteiger partial charge in [-0.25, -0.2) is 4.79 Å². The summed E-state index contributed by atoms with van der Waals surface area (Å²) in [6.45, 7) is 0. The molecule has 3 N–H and O–H groups in total. The zero-order valence-electron chi connectivity index (χ0n) is 21.6. The number of nitrogens with zero attached hydrogens (tertiary/aromatic N) is 2. The van der Waals surface area contributed by atoms with E-state index >= 15 is 0 Å². The number of benzene rings is 4. The maximum absolute atomic E-state index is 13.1. The van der Waals surface area contributed by atoms with Crippen molar-refractivity contribution < 1.29 is 22.7 Å². The molecule has 5 rings (SSSR count). The molecule has 41 heavy (non-hydrogen) atoms.